The second-order valence-corrected chi connectivity index (χ2v) is 5.64. The van der Waals surface area contributed by atoms with Crippen LogP contribution in [-0.4, -0.2) is 57.6 Å². The molecule has 0 saturated carbocycles. The molecule has 1 N–H and O–H groups in total. The molecule has 0 amide bonds. The molecule has 0 radical (unpaired) electrons. The molecule has 2 unspecified atom stereocenters. The fourth-order valence-corrected chi connectivity index (χ4v) is 2.85. The fraction of sp³-hybridized carbons (Fsp3) is 1.00. The van der Waals surface area contributed by atoms with E-state index in [1.807, 2.05) is 0 Å². The van der Waals surface area contributed by atoms with Gasteiger partial charge in [-0.05, 0) is 58.2 Å². The van der Waals surface area contributed by atoms with E-state index in [9.17, 15) is 0 Å². The third-order valence-corrected chi connectivity index (χ3v) is 3.88. The number of nitrogens with one attached hydrogen (secondary N) is 1. The van der Waals surface area contributed by atoms with E-state index in [0.29, 0.717) is 0 Å². The van der Waals surface area contributed by atoms with Gasteiger partial charge in [-0.2, -0.15) is 0 Å². The summed E-state index contributed by atoms with van der Waals surface area (Å²) >= 11 is 0. The summed E-state index contributed by atoms with van der Waals surface area (Å²) in [6, 6.07) is 0. The summed E-state index contributed by atoms with van der Waals surface area (Å²) in [5, 5.41) is 3.51. The van der Waals surface area contributed by atoms with Crippen LogP contribution in [0.3, 0.4) is 0 Å². The van der Waals surface area contributed by atoms with Gasteiger partial charge in [0.1, 0.15) is 0 Å². The topological polar surface area (TPSA) is 33.7 Å². The fourth-order valence-electron chi connectivity index (χ4n) is 2.85. The summed E-state index contributed by atoms with van der Waals surface area (Å²) in [7, 11) is 2.22. The predicted molar refractivity (Wildman–Crippen MR) is 72.6 cm³/mol. The standard InChI is InChI=1S/C14H28N2O2/c1-16-8-4-5-13(12-16)11-15-7-10-18-14-6-2-3-9-17-14/h13-15H,2-12H2,1H3. The van der Waals surface area contributed by atoms with Crippen molar-refractivity contribution in [3.8, 4) is 0 Å². The molecule has 2 fully saturated rings. The van der Waals surface area contributed by atoms with Crippen molar-refractivity contribution in [3.05, 3.63) is 0 Å². The van der Waals surface area contributed by atoms with Gasteiger partial charge in [0.05, 0.1) is 6.61 Å². The highest BCUT2D eigenvalue weighted by atomic mass is 16.7. The van der Waals surface area contributed by atoms with Gasteiger partial charge in [-0.1, -0.05) is 0 Å². The number of ether oxygens (including phenoxy) is 2. The molecule has 2 rings (SSSR count). The molecule has 2 heterocycles. The molecular weight excluding hydrogens is 228 g/mol. The number of likely N-dealkylation sites (tertiary alicyclic amines) is 1. The van der Waals surface area contributed by atoms with E-state index in [1.54, 1.807) is 0 Å². The van der Waals surface area contributed by atoms with Crippen molar-refractivity contribution in [3.63, 3.8) is 0 Å². The van der Waals surface area contributed by atoms with Gasteiger partial charge in [0, 0.05) is 19.7 Å². The summed E-state index contributed by atoms with van der Waals surface area (Å²) in [6.07, 6.45) is 6.26. The highest BCUT2D eigenvalue weighted by molar-refractivity contribution is 4.72. The van der Waals surface area contributed by atoms with Crippen molar-refractivity contribution in [2.75, 3.05) is 46.4 Å². The summed E-state index contributed by atoms with van der Waals surface area (Å²) in [5.74, 6) is 0.815. The first kappa shape index (κ1) is 14.3. The molecule has 2 aliphatic rings. The Labute approximate surface area is 111 Å². The van der Waals surface area contributed by atoms with Gasteiger partial charge in [0.25, 0.3) is 0 Å². The van der Waals surface area contributed by atoms with Crippen molar-refractivity contribution in [1.82, 2.24) is 10.2 Å². The minimum Gasteiger partial charge on any atom is -0.353 e. The first-order valence-electron chi connectivity index (χ1n) is 7.47. The second kappa shape index (κ2) is 8.10. The van der Waals surface area contributed by atoms with E-state index in [4.69, 9.17) is 9.47 Å². The maximum atomic E-state index is 5.70. The van der Waals surface area contributed by atoms with Crippen LogP contribution in [0.25, 0.3) is 0 Å². The van der Waals surface area contributed by atoms with E-state index < -0.39 is 0 Å². The van der Waals surface area contributed by atoms with Crippen LogP contribution >= 0.6 is 0 Å². The molecule has 0 aromatic carbocycles. The SMILES string of the molecule is CN1CCCC(CNCCOC2CCCCO2)C1. The largest absolute Gasteiger partial charge is 0.353 e. The van der Waals surface area contributed by atoms with Crippen LogP contribution in [0.1, 0.15) is 32.1 Å². The van der Waals surface area contributed by atoms with E-state index in [1.165, 1.54) is 38.8 Å². The Morgan fingerprint density at radius 1 is 1.28 bits per heavy atom. The lowest BCUT2D eigenvalue weighted by molar-refractivity contribution is -0.161. The van der Waals surface area contributed by atoms with Gasteiger partial charge in [-0.15, -0.1) is 0 Å². The molecule has 0 spiro atoms. The lowest BCUT2D eigenvalue weighted by Crippen LogP contribution is -2.38. The lowest BCUT2D eigenvalue weighted by Gasteiger charge is -2.29. The van der Waals surface area contributed by atoms with Crippen molar-refractivity contribution in [2.24, 2.45) is 5.92 Å². The van der Waals surface area contributed by atoms with Crippen molar-refractivity contribution in [1.29, 1.82) is 0 Å². The van der Waals surface area contributed by atoms with Gasteiger partial charge >= 0.3 is 0 Å². The van der Waals surface area contributed by atoms with E-state index >= 15 is 0 Å². The molecule has 0 bridgehead atoms. The van der Waals surface area contributed by atoms with Crippen LogP contribution in [-0.2, 0) is 9.47 Å². The van der Waals surface area contributed by atoms with E-state index in [2.05, 4.69) is 17.3 Å². The molecule has 2 saturated heterocycles. The van der Waals surface area contributed by atoms with Gasteiger partial charge in [0.15, 0.2) is 6.29 Å². The Balaban J connectivity index is 1.45. The van der Waals surface area contributed by atoms with Crippen LogP contribution in [0, 0.1) is 5.92 Å². The average molecular weight is 256 g/mol. The molecule has 0 aromatic heterocycles. The zero-order valence-corrected chi connectivity index (χ0v) is 11.7. The molecular formula is C14H28N2O2. The maximum Gasteiger partial charge on any atom is 0.157 e. The van der Waals surface area contributed by atoms with Gasteiger partial charge in [-0.3, -0.25) is 0 Å². The van der Waals surface area contributed by atoms with Crippen LogP contribution in [0.15, 0.2) is 0 Å². The Kier molecular flexibility index (Phi) is 6.41. The maximum absolute atomic E-state index is 5.70. The normalized spacial score (nSPS) is 30.5. The van der Waals surface area contributed by atoms with Crippen molar-refractivity contribution >= 4 is 0 Å². The van der Waals surface area contributed by atoms with Crippen LogP contribution in [0.5, 0.6) is 0 Å². The van der Waals surface area contributed by atoms with Crippen LogP contribution in [0.2, 0.25) is 0 Å². The smallest absolute Gasteiger partial charge is 0.157 e. The summed E-state index contributed by atoms with van der Waals surface area (Å²) in [4.78, 5) is 2.43. The number of rotatable bonds is 6. The Morgan fingerprint density at radius 3 is 3.00 bits per heavy atom. The first-order chi connectivity index (χ1) is 8.84. The lowest BCUT2D eigenvalue weighted by atomic mass is 9.98. The Morgan fingerprint density at radius 2 is 2.22 bits per heavy atom. The van der Waals surface area contributed by atoms with Gasteiger partial charge < -0.3 is 19.7 Å². The van der Waals surface area contributed by atoms with Gasteiger partial charge in [-0.25, -0.2) is 0 Å². The number of hydrogen-bond donors (Lipinski definition) is 1. The second-order valence-electron chi connectivity index (χ2n) is 5.64. The molecule has 4 heteroatoms. The highest BCUT2D eigenvalue weighted by Crippen LogP contribution is 2.14. The number of nitrogens with zero attached hydrogens (tertiary/aromatic N) is 1. The quantitative estimate of drug-likeness (QED) is 0.730. The van der Waals surface area contributed by atoms with Crippen LogP contribution in [0.4, 0.5) is 0 Å². The third kappa shape index (κ3) is 5.22. The molecule has 0 aromatic rings. The third-order valence-electron chi connectivity index (χ3n) is 3.88. The summed E-state index contributed by atoms with van der Waals surface area (Å²) in [6.45, 7) is 6.21. The van der Waals surface area contributed by atoms with Crippen LogP contribution < -0.4 is 5.32 Å². The Hall–Kier alpha value is -0.160. The van der Waals surface area contributed by atoms with Crippen molar-refractivity contribution < 1.29 is 9.47 Å². The minimum atomic E-state index is 0.0568. The highest BCUT2D eigenvalue weighted by Gasteiger charge is 2.17. The molecule has 4 nitrogen and oxygen atoms in total. The van der Waals surface area contributed by atoms with E-state index in [0.717, 1.165) is 38.6 Å². The zero-order valence-electron chi connectivity index (χ0n) is 11.7. The van der Waals surface area contributed by atoms with Gasteiger partial charge in [0.2, 0.25) is 0 Å². The molecule has 2 aliphatic heterocycles. The number of piperidine rings is 1. The zero-order chi connectivity index (χ0) is 12.6. The molecule has 2 atom stereocenters. The Bertz CT molecular complexity index is 220. The number of hydrogen-bond acceptors (Lipinski definition) is 4. The monoisotopic (exact) mass is 256 g/mol. The molecule has 18 heavy (non-hydrogen) atoms. The van der Waals surface area contributed by atoms with Crippen molar-refractivity contribution in [2.45, 2.75) is 38.4 Å². The average Bonchev–Trinajstić information content (AvgIpc) is 2.40. The molecule has 106 valence electrons. The molecule has 0 aliphatic carbocycles. The minimum absolute atomic E-state index is 0.0568. The predicted octanol–water partition coefficient (Wildman–Crippen LogP) is 1.46. The summed E-state index contributed by atoms with van der Waals surface area (Å²) in [5.41, 5.74) is 0. The first-order valence-corrected chi connectivity index (χ1v) is 7.47. The van der Waals surface area contributed by atoms with E-state index in [-0.39, 0.29) is 6.29 Å². The summed E-state index contributed by atoms with van der Waals surface area (Å²) < 4.78 is 11.2.